The number of Topliss-reactive ketones (excluding diaryl/α,β-unsaturated/α-hetero) is 1. The number of hydrogen-bond donors (Lipinski definition) is 1. The van der Waals surface area contributed by atoms with E-state index in [0.717, 1.165) is 10.9 Å². The molecule has 26 heavy (non-hydrogen) atoms. The number of piperidine rings is 1. The fourth-order valence-electron chi connectivity index (χ4n) is 3.69. The molecule has 2 fully saturated rings. The Labute approximate surface area is 160 Å². The summed E-state index contributed by atoms with van der Waals surface area (Å²) in [7, 11) is 0. The van der Waals surface area contributed by atoms with E-state index in [9.17, 15) is 19.5 Å². The highest BCUT2D eigenvalue weighted by Crippen LogP contribution is 2.54. The first-order chi connectivity index (χ1) is 12.0. The summed E-state index contributed by atoms with van der Waals surface area (Å²) in [5.74, 6) is -1.34. The predicted octanol–water partition coefficient (Wildman–Crippen LogP) is 3.87. The number of nitrogens with zero attached hydrogens (tertiary/aromatic N) is 1. The summed E-state index contributed by atoms with van der Waals surface area (Å²) in [6.07, 6.45) is 0.128. The third-order valence-corrected chi connectivity index (χ3v) is 5.36. The van der Waals surface area contributed by atoms with E-state index in [1.54, 1.807) is 45.0 Å². The van der Waals surface area contributed by atoms with Gasteiger partial charge in [-0.2, -0.15) is 0 Å². The molecule has 0 aromatic heterocycles. The van der Waals surface area contributed by atoms with Crippen molar-refractivity contribution in [1.29, 1.82) is 0 Å². The normalized spacial score (nSPS) is 27.0. The molecule has 1 aliphatic heterocycles. The van der Waals surface area contributed by atoms with Crippen molar-refractivity contribution in [3.8, 4) is 0 Å². The van der Waals surface area contributed by atoms with Gasteiger partial charge in [-0.05, 0) is 51.7 Å². The maximum absolute atomic E-state index is 12.8. The Kier molecular flexibility index (Phi) is 4.63. The van der Waals surface area contributed by atoms with Crippen LogP contribution in [-0.4, -0.2) is 45.0 Å². The topological polar surface area (TPSA) is 83.9 Å². The van der Waals surface area contributed by atoms with E-state index in [4.69, 9.17) is 4.74 Å². The van der Waals surface area contributed by atoms with Crippen LogP contribution in [-0.2, 0) is 9.53 Å². The smallest absolute Gasteiger partial charge is 0.411 e. The van der Waals surface area contributed by atoms with Crippen molar-refractivity contribution in [2.45, 2.75) is 57.2 Å². The number of ketones is 1. The fraction of sp³-hybridized carbons (Fsp3) is 0.526. The molecule has 1 heterocycles. The predicted molar refractivity (Wildman–Crippen MR) is 98.0 cm³/mol. The molecule has 140 valence electrons. The van der Waals surface area contributed by atoms with Crippen molar-refractivity contribution in [2.75, 3.05) is 0 Å². The van der Waals surface area contributed by atoms with Crippen molar-refractivity contribution in [2.24, 2.45) is 5.92 Å². The van der Waals surface area contributed by atoms with Crippen molar-refractivity contribution in [3.05, 3.63) is 34.3 Å². The number of carbonyl (C=O) groups excluding carboxylic acids is 2. The quantitative estimate of drug-likeness (QED) is 0.742. The Morgan fingerprint density at radius 1 is 1.35 bits per heavy atom. The molecular formula is C19H22BrNO5. The second-order valence-electron chi connectivity index (χ2n) is 8.06. The minimum atomic E-state index is -1.55. The van der Waals surface area contributed by atoms with Crippen LogP contribution in [0.15, 0.2) is 28.7 Å². The first-order valence-electron chi connectivity index (χ1n) is 8.58. The summed E-state index contributed by atoms with van der Waals surface area (Å²) in [5.41, 5.74) is -1.86. The van der Waals surface area contributed by atoms with Crippen LogP contribution in [0.3, 0.4) is 0 Å². The number of amides is 1. The Morgan fingerprint density at radius 2 is 2.04 bits per heavy atom. The van der Waals surface area contributed by atoms with E-state index < -0.39 is 23.2 Å². The molecule has 1 saturated heterocycles. The highest BCUT2D eigenvalue weighted by molar-refractivity contribution is 9.10. The molecule has 0 unspecified atom stereocenters. The summed E-state index contributed by atoms with van der Waals surface area (Å²) >= 11 is 3.32. The van der Waals surface area contributed by atoms with Gasteiger partial charge in [-0.3, -0.25) is 9.69 Å². The molecule has 1 aromatic rings. The lowest BCUT2D eigenvalue weighted by Crippen LogP contribution is -2.57. The van der Waals surface area contributed by atoms with Gasteiger partial charge in [0.25, 0.3) is 0 Å². The van der Waals surface area contributed by atoms with E-state index in [2.05, 4.69) is 15.9 Å². The third kappa shape index (κ3) is 3.49. The number of benzene rings is 1. The van der Waals surface area contributed by atoms with Crippen LogP contribution >= 0.6 is 15.9 Å². The number of carboxylic acids is 1. The number of fused-ring (bicyclic) bond motifs is 1. The van der Waals surface area contributed by atoms with E-state index >= 15 is 0 Å². The van der Waals surface area contributed by atoms with Crippen LogP contribution in [0.1, 0.15) is 50.4 Å². The van der Waals surface area contributed by atoms with Crippen LogP contribution in [0.2, 0.25) is 0 Å². The lowest BCUT2D eigenvalue weighted by molar-refractivity contribution is -0.150. The molecule has 3 rings (SSSR count). The van der Waals surface area contributed by atoms with Gasteiger partial charge >= 0.3 is 12.1 Å². The number of carboxylic acid groups (broad SMARTS) is 1. The maximum atomic E-state index is 12.8. The minimum Gasteiger partial charge on any atom is -0.479 e. The Hall–Kier alpha value is -1.89. The van der Waals surface area contributed by atoms with E-state index in [-0.39, 0.29) is 30.6 Å². The van der Waals surface area contributed by atoms with Crippen LogP contribution in [0.25, 0.3) is 0 Å². The van der Waals surface area contributed by atoms with Crippen molar-refractivity contribution in [3.63, 3.8) is 0 Å². The van der Waals surface area contributed by atoms with Crippen molar-refractivity contribution >= 4 is 33.8 Å². The average Bonchev–Trinajstić information content (AvgIpc) is 3.16. The summed E-state index contributed by atoms with van der Waals surface area (Å²) in [6.45, 7) is 5.21. The monoisotopic (exact) mass is 423 g/mol. The summed E-state index contributed by atoms with van der Waals surface area (Å²) in [6, 6.07) is 6.67. The molecule has 1 aromatic carbocycles. The minimum absolute atomic E-state index is 0.119. The highest BCUT2D eigenvalue weighted by atomic mass is 79.9. The van der Waals surface area contributed by atoms with Crippen LogP contribution in [0, 0.1) is 5.92 Å². The summed E-state index contributed by atoms with van der Waals surface area (Å²) in [4.78, 5) is 39.0. The van der Waals surface area contributed by atoms with Gasteiger partial charge in [0.2, 0.25) is 0 Å². The molecule has 1 saturated carbocycles. The summed E-state index contributed by atoms with van der Waals surface area (Å²) in [5, 5.41) is 9.96. The van der Waals surface area contributed by atoms with Gasteiger partial charge in [0, 0.05) is 22.5 Å². The molecule has 1 aliphatic carbocycles. The zero-order chi connectivity index (χ0) is 19.3. The second kappa shape index (κ2) is 6.37. The second-order valence-corrected chi connectivity index (χ2v) is 8.98. The average molecular weight is 424 g/mol. The largest absolute Gasteiger partial charge is 0.479 e. The number of rotatable bonds is 4. The number of aliphatic carboxylic acids is 1. The van der Waals surface area contributed by atoms with Gasteiger partial charge < -0.3 is 9.84 Å². The molecule has 7 heteroatoms. The highest BCUT2D eigenvalue weighted by Gasteiger charge is 2.66. The molecule has 0 radical (unpaired) electrons. The number of hydrogen-bond acceptors (Lipinski definition) is 4. The van der Waals surface area contributed by atoms with E-state index in [1.807, 2.05) is 0 Å². The van der Waals surface area contributed by atoms with Gasteiger partial charge in [-0.15, -0.1) is 0 Å². The number of ether oxygens (including phenoxy) is 1. The lowest BCUT2D eigenvalue weighted by atomic mass is 9.86. The first-order valence-corrected chi connectivity index (χ1v) is 9.37. The zero-order valence-corrected chi connectivity index (χ0v) is 16.6. The SMILES string of the molecule is CC(C)(C)OC(=O)N1[C@@H]2C[C@@H]2C[C@@]1(CC(=O)c1cccc(Br)c1)C(=O)O. The van der Waals surface area contributed by atoms with E-state index in [1.165, 1.54) is 4.90 Å². The maximum Gasteiger partial charge on any atom is 0.411 e. The molecular weight excluding hydrogens is 402 g/mol. The fourth-order valence-corrected chi connectivity index (χ4v) is 4.09. The van der Waals surface area contributed by atoms with Crippen LogP contribution in [0.4, 0.5) is 4.79 Å². The number of likely N-dealkylation sites (tertiary alicyclic amines) is 1. The molecule has 0 spiro atoms. The van der Waals surface area contributed by atoms with Crippen LogP contribution in [0.5, 0.6) is 0 Å². The standard InChI is InChI=1S/C19H22BrNO5/c1-18(2,3)26-17(25)21-14-8-12(14)9-19(21,16(23)24)10-15(22)11-5-4-6-13(20)7-11/h4-7,12,14H,8-10H2,1-3H3,(H,23,24)/t12-,14-,19-/m1/s1. The van der Waals surface area contributed by atoms with E-state index in [0.29, 0.717) is 5.56 Å². The van der Waals surface area contributed by atoms with Crippen molar-refractivity contribution < 1.29 is 24.2 Å². The molecule has 6 nitrogen and oxygen atoms in total. The summed E-state index contributed by atoms with van der Waals surface area (Å²) < 4.78 is 6.18. The number of carbonyl (C=O) groups is 3. The van der Waals surface area contributed by atoms with Crippen LogP contribution < -0.4 is 0 Å². The lowest BCUT2D eigenvalue weighted by Gasteiger charge is -2.37. The Morgan fingerprint density at radius 3 is 2.62 bits per heavy atom. The Bertz CT molecular complexity index is 771. The molecule has 3 atom stereocenters. The van der Waals surface area contributed by atoms with Crippen molar-refractivity contribution in [1.82, 2.24) is 4.90 Å². The van der Waals surface area contributed by atoms with Gasteiger partial charge in [-0.25, -0.2) is 9.59 Å². The molecule has 1 amide bonds. The molecule has 0 bridgehead atoms. The molecule has 1 N–H and O–H groups in total. The Balaban J connectivity index is 1.90. The zero-order valence-electron chi connectivity index (χ0n) is 15.0. The number of halogens is 1. The van der Waals surface area contributed by atoms with Gasteiger partial charge in [-0.1, -0.05) is 28.1 Å². The first kappa shape index (κ1) is 18.9. The van der Waals surface area contributed by atoms with Gasteiger partial charge in [0.05, 0.1) is 0 Å². The third-order valence-electron chi connectivity index (χ3n) is 4.87. The van der Waals surface area contributed by atoms with Gasteiger partial charge in [0.1, 0.15) is 5.60 Å². The molecule has 2 aliphatic rings. The van der Waals surface area contributed by atoms with Gasteiger partial charge in [0.15, 0.2) is 11.3 Å².